The molecule has 1 amide bonds. The van der Waals surface area contributed by atoms with Crippen LogP contribution in [0.2, 0.25) is 0 Å². The van der Waals surface area contributed by atoms with Crippen molar-refractivity contribution in [2.45, 2.75) is 12.6 Å². The normalized spacial score (nSPS) is 11.1. The molecule has 0 atom stereocenters. The van der Waals surface area contributed by atoms with Crippen LogP contribution in [0, 0.1) is 10.1 Å². The molecule has 10 heteroatoms. The number of amides is 1. The van der Waals surface area contributed by atoms with Gasteiger partial charge in [-0.1, -0.05) is 0 Å². The summed E-state index contributed by atoms with van der Waals surface area (Å²) in [6, 6.07) is 2.15. The molecular formula is C12H14F3N3O4. The number of hydrogen-bond donors (Lipinski definition) is 1. The zero-order valence-electron chi connectivity index (χ0n) is 11.8. The summed E-state index contributed by atoms with van der Waals surface area (Å²) in [5.74, 6) is -0.385. The number of nitrogens with zero attached hydrogens (tertiary/aromatic N) is 2. The summed E-state index contributed by atoms with van der Waals surface area (Å²) < 4.78 is 37.6. The van der Waals surface area contributed by atoms with E-state index in [-0.39, 0.29) is 24.6 Å². The van der Waals surface area contributed by atoms with E-state index in [1.54, 1.807) is 0 Å². The van der Waals surface area contributed by atoms with E-state index in [0.29, 0.717) is 6.07 Å². The Morgan fingerprint density at radius 1 is 1.45 bits per heavy atom. The van der Waals surface area contributed by atoms with Crippen LogP contribution in [-0.4, -0.2) is 36.6 Å². The van der Waals surface area contributed by atoms with E-state index in [1.807, 2.05) is 0 Å². The second-order valence-electron chi connectivity index (χ2n) is 4.24. The van der Waals surface area contributed by atoms with Crippen LogP contribution in [0.25, 0.3) is 0 Å². The third kappa shape index (κ3) is 4.58. The summed E-state index contributed by atoms with van der Waals surface area (Å²) in [6.07, 6.45) is -4.71. The smallest absolute Gasteiger partial charge is 0.379 e. The highest BCUT2D eigenvalue weighted by Gasteiger charge is 2.33. The van der Waals surface area contributed by atoms with E-state index < -0.39 is 22.4 Å². The molecule has 0 fully saturated rings. The molecule has 122 valence electrons. The van der Waals surface area contributed by atoms with Crippen LogP contribution >= 0.6 is 0 Å². The molecule has 1 aromatic rings. The number of hydroxylamine groups is 2. The molecule has 1 N–H and O–H groups in total. The summed E-state index contributed by atoms with van der Waals surface area (Å²) in [6.45, 7) is 0.0126. The van der Waals surface area contributed by atoms with Gasteiger partial charge in [0.15, 0.2) is 0 Å². The SMILES string of the molecule is CON(C)C(=O)CCNc1ccc(C(F)(F)F)cc1[N+](=O)[O-]. The lowest BCUT2D eigenvalue weighted by Gasteiger charge is -2.14. The fourth-order valence-electron chi connectivity index (χ4n) is 1.57. The minimum atomic E-state index is -4.67. The first-order valence-electron chi connectivity index (χ1n) is 6.07. The number of nitro benzene ring substituents is 1. The van der Waals surface area contributed by atoms with Gasteiger partial charge >= 0.3 is 6.18 Å². The Hall–Kier alpha value is -2.36. The fraction of sp³-hybridized carbons (Fsp3) is 0.417. The average molecular weight is 321 g/mol. The van der Waals surface area contributed by atoms with Crippen molar-refractivity contribution in [1.29, 1.82) is 0 Å². The van der Waals surface area contributed by atoms with Gasteiger partial charge < -0.3 is 5.32 Å². The van der Waals surface area contributed by atoms with Crippen LogP contribution in [-0.2, 0) is 15.8 Å². The monoisotopic (exact) mass is 321 g/mol. The second-order valence-corrected chi connectivity index (χ2v) is 4.24. The number of hydrogen-bond acceptors (Lipinski definition) is 5. The molecule has 0 saturated carbocycles. The maximum absolute atomic E-state index is 12.5. The first-order valence-corrected chi connectivity index (χ1v) is 6.07. The van der Waals surface area contributed by atoms with E-state index in [4.69, 9.17) is 0 Å². The largest absolute Gasteiger partial charge is 0.416 e. The van der Waals surface area contributed by atoms with Crippen molar-refractivity contribution in [1.82, 2.24) is 5.06 Å². The highest BCUT2D eigenvalue weighted by atomic mass is 19.4. The van der Waals surface area contributed by atoms with Crippen molar-refractivity contribution < 1.29 is 27.7 Å². The van der Waals surface area contributed by atoms with Crippen molar-refractivity contribution >= 4 is 17.3 Å². The van der Waals surface area contributed by atoms with Gasteiger partial charge in [0.2, 0.25) is 5.91 Å². The number of carbonyl (C=O) groups excluding carboxylic acids is 1. The zero-order valence-corrected chi connectivity index (χ0v) is 11.8. The predicted molar refractivity (Wildman–Crippen MR) is 71.0 cm³/mol. The van der Waals surface area contributed by atoms with Gasteiger partial charge in [0.05, 0.1) is 17.6 Å². The lowest BCUT2D eigenvalue weighted by atomic mass is 10.1. The van der Waals surface area contributed by atoms with Crippen molar-refractivity contribution in [3.8, 4) is 0 Å². The number of rotatable bonds is 6. The Balaban J connectivity index is 2.83. The summed E-state index contributed by atoms with van der Waals surface area (Å²) in [5.41, 5.74) is -1.91. The molecule has 0 saturated heterocycles. The van der Waals surface area contributed by atoms with Crippen molar-refractivity contribution in [2.24, 2.45) is 0 Å². The fourth-order valence-corrected chi connectivity index (χ4v) is 1.57. The van der Waals surface area contributed by atoms with Gasteiger partial charge in [-0.25, -0.2) is 5.06 Å². The van der Waals surface area contributed by atoms with Crippen LogP contribution in [0.3, 0.4) is 0 Å². The lowest BCUT2D eigenvalue weighted by molar-refractivity contribution is -0.384. The average Bonchev–Trinajstić information content (AvgIpc) is 2.45. The van der Waals surface area contributed by atoms with Gasteiger partial charge in [0.1, 0.15) is 5.69 Å². The molecule has 0 radical (unpaired) electrons. The third-order valence-electron chi connectivity index (χ3n) is 2.80. The minimum absolute atomic E-state index is 0.0126. The number of nitrogens with one attached hydrogen (secondary N) is 1. The van der Waals surface area contributed by atoms with E-state index in [9.17, 15) is 28.1 Å². The Kier molecular flexibility index (Phi) is 5.69. The van der Waals surface area contributed by atoms with E-state index >= 15 is 0 Å². The highest BCUT2D eigenvalue weighted by molar-refractivity contribution is 5.75. The molecule has 0 aliphatic carbocycles. The van der Waals surface area contributed by atoms with Gasteiger partial charge in [-0.2, -0.15) is 13.2 Å². The Morgan fingerprint density at radius 2 is 2.09 bits per heavy atom. The lowest BCUT2D eigenvalue weighted by Crippen LogP contribution is -2.27. The number of anilines is 1. The van der Waals surface area contributed by atoms with Gasteiger partial charge in [-0.05, 0) is 12.1 Å². The molecule has 0 heterocycles. The first kappa shape index (κ1) is 17.7. The number of alkyl halides is 3. The first-order chi connectivity index (χ1) is 10.2. The highest BCUT2D eigenvalue weighted by Crippen LogP contribution is 2.34. The summed E-state index contributed by atoms with van der Waals surface area (Å²) in [5, 5.41) is 14.4. The van der Waals surface area contributed by atoms with Gasteiger partial charge in [0.25, 0.3) is 5.69 Å². The van der Waals surface area contributed by atoms with Crippen LogP contribution in [0.1, 0.15) is 12.0 Å². The Bertz CT molecular complexity index is 563. The van der Waals surface area contributed by atoms with Crippen molar-refractivity contribution in [3.63, 3.8) is 0 Å². The molecule has 7 nitrogen and oxygen atoms in total. The topological polar surface area (TPSA) is 84.7 Å². The Morgan fingerprint density at radius 3 is 2.59 bits per heavy atom. The van der Waals surface area contributed by atoms with Gasteiger partial charge in [0, 0.05) is 26.1 Å². The number of halogens is 3. The number of nitro groups is 1. The second kappa shape index (κ2) is 7.07. The van der Waals surface area contributed by atoms with E-state index in [1.165, 1.54) is 14.2 Å². The van der Waals surface area contributed by atoms with Crippen LogP contribution < -0.4 is 5.32 Å². The van der Waals surface area contributed by atoms with Crippen LogP contribution in [0.5, 0.6) is 0 Å². The number of benzene rings is 1. The molecule has 0 aliphatic heterocycles. The predicted octanol–water partition coefficient (Wildman–Crippen LogP) is 2.44. The summed E-state index contributed by atoms with van der Waals surface area (Å²) in [7, 11) is 2.69. The quantitative estimate of drug-likeness (QED) is 0.642. The molecule has 0 spiro atoms. The maximum Gasteiger partial charge on any atom is 0.416 e. The van der Waals surface area contributed by atoms with Gasteiger partial charge in [-0.3, -0.25) is 19.7 Å². The summed E-state index contributed by atoms with van der Waals surface area (Å²) >= 11 is 0. The molecule has 0 aromatic heterocycles. The van der Waals surface area contributed by atoms with Crippen LogP contribution in [0.15, 0.2) is 18.2 Å². The number of carbonyl (C=O) groups is 1. The molecule has 1 rings (SSSR count). The summed E-state index contributed by atoms with van der Waals surface area (Å²) in [4.78, 5) is 26.0. The zero-order chi connectivity index (χ0) is 16.9. The Labute approximate surface area is 123 Å². The standard InChI is InChI=1S/C12H14F3N3O4/c1-17(22-2)11(19)5-6-16-9-4-3-8(12(13,14)15)7-10(9)18(20)21/h3-4,7,16H,5-6H2,1-2H3. The molecule has 0 aliphatic rings. The molecule has 1 aromatic carbocycles. The third-order valence-corrected chi connectivity index (χ3v) is 2.80. The van der Waals surface area contributed by atoms with E-state index in [0.717, 1.165) is 17.2 Å². The molecule has 22 heavy (non-hydrogen) atoms. The molecule has 0 unspecified atom stereocenters. The minimum Gasteiger partial charge on any atom is -0.379 e. The maximum atomic E-state index is 12.5. The molecular weight excluding hydrogens is 307 g/mol. The van der Waals surface area contributed by atoms with Crippen molar-refractivity contribution in [3.05, 3.63) is 33.9 Å². The van der Waals surface area contributed by atoms with E-state index in [2.05, 4.69) is 10.2 Å². The molecule has 0 bridgehead atoms. The van der Waals surface area contributed by atoms with Gasteiger partial charge in [-0.15, -0.1) is 0 Å². The van der Waals surface area contributed by atoms with Crippen molar-refractivity contribution in [2.75, 3.05) is 26.0 Å². The van der Waals surface area contributed by atoms with Crippen LogP contribution in [0.4, 0.5) is 24.5 Å².